The van der Waals surface area contributed by atoms with Gasteiger partial charge in [-0.3, -0.25) is 13.9 Å². The Morgan fingerprint density at radius 3 is 2.50 bits per heavy atom. The largest absolute Gasteiger partial charge is 0.497 e. The number of nitrogens with zero attached hydrogens (tertiary/aromatic N) is 5. The van der Waals surface area contributed by atoms with E-state index in [2.05, 4.69) is 20.3 Å². The molecule has 38 heavy (non-hydrogen) atoms. The summed E-state index contributed by atoms with van der Waals surface area (Å²) in [5, 5.41) is 23.6. The molecule has 0 bridgehead atoms. The molecule has 16 heteroatoms. The number of fused-ring (bicyclic) bond motifs is 1. The molecular weight excluding hydrogens is 521 g/mol. The molecule has 3 heterocycles. The maximum absolute atomic E-state index is 12.8. The normalized spacial score (nSPS) is 21.6. The Morgan fingerprint density at radius 2 is 1.92 bits per heavy atom. The van der Waals surface area contributed by atoms with Crippen LogP contribution in [0.5, 0.6) is 5.75 Å². The highest BCUT2D eigenvalue weighted by atomic mass is 31.1. The number of aliphatic hydroxyl groups excluding tert-OH is 2. The van der Waals surface area contributed by atoms with Gasteiger partial charge in [0.1, 0.15) is 24.3 Å². The van der Waals surface area contributed by atoms with E-state index in [9.17, 15) is 15.0 Å². The molecule has 4 rings (SSSR count). The summed E-state index contributed by atoms with van der Waals surface area (Å²) in [5.41, 5.74) is 7.98. The number of ether oxygens (including phenoxy) is 2. The Kier molecular flexibility index (Phi) is 10.1. The van der Waals surface area contributed by atoms with Crippen molar-refractivity contribution in [2.45, 2.75) is 36.9 Å². The van der Waals surface area contributed by atoms with Crippen molar-refractivity contribution in [3.8, 4) is 5.75 Å². The van der Waals surface area contributed by atoms with Crippen LogP contribution in [0.2, 0.25) is 0 Å². The first-order valence-electron chi connectivity index (χ1n) is 11.5. The number of aliphatic hydroxyl groups is 2. The molecule has 3 aromatic rings. The van der Waals surface area contributed by atoms with Crippen molar-refractivity contribution in [3.63, 3.8) is 0 Å². The van der Waals surface area contributed by atoms with Gasteiger partial charge in [-0.15, -0.1) is 0 Å². The molecule has 7 N–H and O–H groups in total. The van der Waals surface area contributed by atoms with Crippen LogP contribution < -0.4 is 20.7 Å². The Morgan fingerprint density at radius 1 is 1.26 bits per heavy atom. The van der Waals surface area contributed by atoms with Gasteiger partial charge in [0.2, 0.25) is 5.91 Å². The third-order valence-electron chi connectivity index (χ3n) is 5.85. The maximum atomic E-state index is 12.8. The van der Waals surface area contributed by atoms with Crippen LogP contribution >= 0.6 is 8.25 Å². The maximum Gasteiger partial charge on any atom is 0.314 e. The lowest BCUT2D eigenvalue weighted by atomic mass is 10.0. The van der Waals surface area contributed by atoms with Crippen LogP contribution in [0.4, 0.5) is 5.82 Å². The summed E-state index contributed by atoms with van der Waals surface area (Å²) in [6.07, 6.45) is 0.250. The molecule has 15 nitrogen and oxygen atoms in total. The van der Waals surface area contributed by atoms with Gasteiger partial charge in [-0.1, -0.05) is 12.1 Å². The highest BCUT2D eigenvalue weighted by Crippen LogP contribution is 2.32. The minimum Gasteiger partial charge on any atom is -0.497 e. The molecule has 208 valence electrons. The van der Waals surface area contributed by atoms with Gasteiger partial charge < -0.3 is 45.4 Å². The monoisotopic (exact) mass is 553 g/mol. The quantitative estimate of drug-likeness (QED) is 0.176. The number of hydrogen-bond acceptors (Lipinski definition) is 11. The lowest BCUT2D eigenvalue weighted by molar-refractivity contribution is -0.124. The molecule has 1 aromatic carbocycles. The molecule has 5 atom stereocenters. The molecule has 1 fully saturated rings. The molecule has 0 spiro atoms. The van der Waals surface area contributed by atoms with Crippen LogP contribution in [0.15, 0.2) is 36.9 Å². The summed E-state index contributed by atoms with van der Waals surface area (Å²) in [6.45, 7) is -0.406. The molecule has 1 saturated heterocycles. The summed E-state index contributed by atoms with van der Waals surface area (Å²) in [7, 11) is 2.12. The first-order chi connectivity index (χ1) is 18.1. The topological polar surface area (TPSA) is 218 Å². The number of aromatic nitrogens is 4. The lowest BCUT2D eigenvalue weighted by Crippen LogP contribution is -2.53. The molecular formula is C22H32N7O8P. The van der Waals surface area contributed by atoms with Gasteiger partial charge in [0.05, 0.1) is 32.1 Å². The number of carbonyl (C=O) groups excluding carboxylic acids is 1. The van der Waals surface area contributed by atoms with E-state index >= 15 is 0 Å². The van der Waals surface area contributed by atoms with Gasteiger partial charge >= 0.3 is 8.25 Å². The SMILES string of the molecule is COc1ccc(C[C@H](N)C(=O)N[C@H]2[C@@H](O)[C@H](n3cnc4c(N(C)C)ncnc43)O[C@@H]2CO)cc1.O=[PH](O)O. The first-order valence-corrected chi connectivity index (χ1v) is 12.8. The van der Waals surface area contributed by atoms with Gasteiger partial charge in [-0.05, 0) is 24.1 Å². The average molecular weight is 554 g/mol. The van der Waals surface area contributed by atoms with E-state index in [1.54, 1.807) is 28.7 Å². The Bertz CT molecular complexity index is 1240. The number of nitrogens with two attached hydrogens (primary N) is 1. The van der Waals surface area contributed by atoms with Crippen LogP contribution in [0, 0.1) is 0 Å². The molecule has 0 saturated carbocycles. The fourth-order valence-corrected chi connectivity index (χ4v) is 4.04. The van der Waals surface area contributed by atoms with E-state index in [1.165, 1.54) is 12.7 Å². The second-order valence-corrected chi connectivity index (χ2v) is 9.19. The summed E-state index contributed by atoms with van der Waals surface area (Å²) < 4.78 is 21.3. The van der Waals surface area contributed by atoms with Crippen LogP contribution in [0.1, 0.15) is 11.8 Å². The third kappa shape index (κ3) is 6.82. The number of amides is 1. The Hall–Kier alpha value is -3.17. The number of imidazole rings is 1. The fourth-order valence-electron chi connectivity index (χ4n) is 4.04. The number of hydrogen-bond donors (Lipinski definition) is 6. The molecule has 1 amide bonds. The molecule has 0 aliphatic carbocycles. The highest BCUT2D eigenvalue weighted by molar-refractivity contribution is 7.30. The highest BCUT2D eigenvalue weighted by Gasteiger charge is 2.46. The van der Waals surface area contributed by atoms with Crippen molar-refractivity contribution < 1.29 is 38.8 Å². The number of rotatable bonds is 8. The van der Waals surface area contributed by atoms with Gasteiger partial charge in [-0.25, -0.2) is 15.0 Å². The predicted molar refractivity (Wildman–Crippen MR) is 137 cm³/mol. The van der Waals surface area contributed by atoms with Crippen molar-refractivity contribution in [2.24, 2.45) is 5.73 Å². The molecule has 1 aliphatic rings. The summed E-state index contributed by atoms with van der Waals surface area (Å²) in [4.78, 5) is 41.8. The Labute approximate surface area is 218 Å². The third-order valence-corrected chi connectivity index (χ3v) is 5.85. The van der Waals surface area contributed by atoms with Gasteiger partial charge in [0.15, 0.2) is 23.2 Å². The van der Waals surface area contributed by atoms with E-state index in [0.717, 1.165) is 5.56 Å². The second-order valence-electron chi connectivity index (χ2n) is 8.63. The molecule has 0 unspecified atom stereocenters. The summed E-state index contributed by atoms with van der Waals surface area (Å²) in [5.74, 6) is 0.861. The average Bonchev–Trinajstić information content (AvgIpc) is 3.44. The molecule has 2 aromatic heterocycles. The fraction of sp³-hybridized carbons (Fsp3) is 0.455. The zero-order chi connectivity index (χ0) is 28.0. The van der Waals surface area contributed by atoms with Crippen molar-refractivity contribution >= 4 is 31.1 Å². The second kappa shape index (κ2) is 13.1. The molecule has 1 aliphatic heterocycles. The van der Waals surface area contributed by atoms with E-state index in [-0.39, 0.29) is 0 Å². The van der Waals surface area contributed by atoms with Crippen LogP contribution in [0.3, 0.4) is 0 Å². The zero-order valence-electron chi connectivity index (χ0n) is 21.0. The van der Waals surface area contributed by atoms with Crippen molar-refractivity contribution in [1.29, 1.82) is 0 Å². The van der Waals surface area contributed by atoms with E-state index in [1.807, 2.05) is 26.2 Å². The number of carbonyl (C=O) groups is 1. The minimum atomic E-state index is -3.13. The van der Waals surface area contributed by atoms with E-state index in [0.29, 0.717) is 29.2 Å². The summed E-state index contributed by atoms with van der Waals surface area (Å²) in [6, 6.07) is 5.52. The van der Waals surface area contributed by atoms with E-state index in [4.69, 9.17) is 29.6 Å². The van der Waals surface area contributed by atoms with Crippen LogP contribution in [-0.4, -0.2) is 97.5 Å². The number of methoxy groups -OCH3 is 1. The lowest BCUT2D eigenvalue weighted by Gasteiger charge is -2.23. The first kappa shape index (κ1) is 29.4. The van der Waals surface area contributed by atoms with Crippen LogP contribution in [-0.2, 0) is 20.5 Å². The Balaban J connectivity index is 0.000000934. The van der Waals surface area contributed by atoms with Gasteiger partial charge in [-0.2, -0.15) is 0 Å². The van der Waals surface area contributed by atoms with Gasteiger partial charge in [0.25, 0.3) is 0 Å². The number of nitrogens with one attached hydrogen (secondary N) is 1. The minimum absolute atomic E-state index is 0.295. The van der Waals surface area contributed by atoms with Crippen molar-refractivity contribution in [3.05, 3.63) is 42.5 Å². The van der Waals surface area contributed by atoms with Crippen molar-refractivity contribution in [2.75, 3.05) is 32.7 Å². The number of anilines is 1. The van der Waals surface area contributed by atoms with Gasteiger partial charge in [0, 0.05) is 14.1 Å². The smallest absolute Gasteiger partial charge is 0.314 e. The van der Waals surface area contributed by atoms with Crippen molar-refractivity contribution in [1.82, 2.24) is 24.8 Å². The zero-order valence-corrected chi connectivity index (χ0v) is 22.0. The van der Waals surface area contributed by atoms with Crippen LogP contribution in [0.25, 0.3) is 11.2 Å². The standard InChI is InChI=1S/C22H29N7O5.H3O3P/c1-28(2)19-17-20(25-10-24-19)29(11-26-17)22-18(31)16(15(9-30)34-22)27-21(32)14(23)8-12-4-6-13(33-3)7-5-12;1-4(2)3/h4-7,10-11,14-16,18,22,30-31H,8-9,23H2,1-3H3,(H,27,32);4H,(H2,1,2,3)/t14-,15+,16+,18+,22+;/m0./s1. The summed E-state index contributed by atoms with van der Waals surface area (Å²) >= 11 is 0. The number of benzene rings is 1. The molecule has 0 radical (unpaired) electrons. The van der Waals surface area contributed by atoms with E-state index < -0.39 is 51.3 Å². The predicted octanol–water partition coefficient (Wildman–Crippen LogP) is -1.43.